The first-order valence-electron chi connectivity index (χ1n) is 10.5. The van der Waals surface area contributed by atoms with E-state index in [9.17, 15) is 0 Å². The summed E-state index contributed by atoms with van der Waals surface area (Å²) in [5.74, 6) is 1.28. The lowest BCUT2D eigenvalue weighted by Crippen LogP contribution is -2.36. The van der Waals surface area contributed by atoms with Crippen molar-refractivity contribution < 1.29 is 4.74 Å². The Hall–Kier alpha value is -3.78. The SMILES string of the molecule is Cc1cccc(C=N)c1.Cn1c(-c2ccccn2)nc2c(N3CCOCC3)cc(N)nc21. The summed E-state index contributed by atoms with van der Waals surface area (Å²) in [7, 11) is 1.94. The summed E-state index contributed by atoms with van der Waals surface area (Å²) < 4.78 is 7.38. The molecule has 3 N–H and O–H groups in total. The van der Waals surface area contributed by atoms with Crippen molar-refractivity contribution in [3.8, 4) is 11.5 Å². The van der Waals surface area contributed by atoms with E-state index in [2.05, 4.69) is 14.9 Å². The number of anilines is 2. The normalized spacial score (nSPS) is 13.5. The van der Waals surface area contributed by atoms with Gasteiger partial charge in [-0.15, -0.1) is 0 Å². The quantitative estimate of drug-likeness (QED) is 0.483. The van der Waals surface area contributed by atoms with Gasteiger partial charge in [-0.3, -0.25) is 4.98 Å². The zero-order valence-electron chi connectivity index (χ0n) is 18.3. The van der Waals surface area contributed by atoms with Gasteiger partial charge in [-0.05, 0) is 24.6 Å². The van der Waals surface area contributed by atoms with E-state index in [1.54, 1.807) is 6.20 Å². The summed E-state index contributed by atoms with van der Waals surface area (Å²) >= 11 is 0. The van der Waals surface area contributed by atoms with Gasteiger partial charge < -0.3 is 25.3 Å². The minimum Gasteiger partial charge on any atom is -0.384 e. The van der Waals surface area contributed by atoms with Crippen LogP contribution in [-0.4, -0.2) is 52.0 Å². The molecule has 4 aromatic rings. The molecule has 1 fully saturated rings. The molecule has 164 valence electrons. The molecular formula is C24H27N7O. The van der Waals surface area contributed by atoms with Gasteiger partial charge in [0.1, 0.15) is 17.0 Å². The third-order valence-electron chi connectivity index (χ3n) is 5.28. The molecule has 8 heteroatoms. The van der Waals surface area contributed by atoms with Gasteiger partial charge in [0.05, 0.1) is 18.9 Å². The average Bonchev–Trinajstić information content (AvgIpc) is 3.16. The van der Waals surface area contributed by atoms with E-state index in [1.807, 2.05) is 67.1 Å². The van der Waals surface area contributed by atoms with Gasteiger partial charge in [-0.25, -0.2) is 9.97 Å². The van der Waals surface area contributed by atoms with Crippen LogP contribution in [-0.2, 0) is 11.8 Å². The van der Waals surface area contributed by atoms with E-state index < -0.39 is 0 Å². The molecule has 4 heterocycles. The minimum absolute atomic E-state index is 0.495. The first-order valence-corrected chi connectivity index (χ1v) is 10.5. The Morgan fingerprint density at radius 1 is 1.06 bits per heavy atom. The molecule has 1 aliphatic rings. The van der Waals surface area contributed by atoms with Crippen molar-refractivity contribution in [3.63, 3.8) is 0 Å². The Morgan fingerprint density at radius 2 is 1.88 bits per heavy atom. The molecule has 0 saturated carbocycles. The van der Waals surface area contributed by atoms with Crippen molar-refractivity contribution in [2.45, 2.75) is 6.92 Å². The van der Waals surface area contributed by atoms with Gasteiger partial charge in [-0.2, -0.15) is 0 Å². The van der Waals surface area contributed by atoms with Crippen LogP contribution in [0.2, 0.25) is 0 Å². The third kappa shape index (κ3) is 4.60. The maximum absolute atomic E-state index is 6.92. The number of nitrogens with zero attached hydrogens (tertiary/aromatic N) is 5. The van der Waals surface area contributed by atoms with Crippen molar-refractivity contribution in [3.05, 3.63) is 65.9 Å². The number of nitrogens with two attached hydrogens (primary N) is 1. The van der Waals surface area contributed by atoms with E-state index in [-0.39, 0.29) is 0 Å². The van der Waals surface area contributed by atoms with Gasteiger partial charge in [-0.1, -0.05) is 35.9 Å². The highest BCUT2D eigenvalue weighted by atomic mass is 16.5. The Morgan fingerprint density at radius 3 is 2.53 bits per heavy atom. The number of rotatable bonds is 3. The van der Waals surface area contributed by atoms with Crippen LogP contribution in [0.15, 0.2) is 54.7 Å². The standard InChI is InChI=1S/C16H18N6O.C8H9N/c1-21-15(11-4-2-3-5-18-11)20-14-12(10-13(17)19-16(14)21)22-6-8-23-9-7-22;1-7-3-2-4-8(5-7)6-9/h2-5,10H,6-9H2,1H3,(H2,17,19);2-6,9H,1H3. The molecule has 3 aromatic heterocycles. The highest BCUT2D eigenvalue weighted by Gasteiger charge is 2.20. The monoisotopic (exact) mass is 429 g/mol. The van der Waals surface area contributed by atoms with E-state index in [0.717, 1.165) is 47.0 Å². The Kier molecular flexibility index (Phi) is 6.42. The van der Waals surface area contributed by atoms with Crippen molar-refractivity contribution in [2.75, 3.05) is 36.9 Å². The Bertz CT molecular complexity index is 1210. The number of benzene rings is 1. The number of ether oxygens (including phenoxy) is 1. The van der Waals surface area contributed by atoms with Gasteiger partial charge in [0, 0.05) is 38.6 Å². The predicted octanol–water partition coefficient (Wildman–Crippen LogP) is 3.44. The maximum Gasteiger partial charge on any atom is 0.164 e. The fraction of sp³-hybridized carbons (Fsp3) is 0.250. The largest absolute Gasteiger partial charge is 0.384 e. The molecule has 0 atom stereocenters. The molecular weight excluding hydrogens is 402 g/mol. The number of morpholine rings is 1. The second-order valence-electron chi connectivity index (χ2n) is 7.61. The van der Waals surface area contributed by atoms with Gasteiger partial charge in [0.2, 0.25) is 0 Å². The minimum atomic E-state index is 0.495. The summed E-state index contributed by atoms with van der Waals surface area (Å²) in [6.45, 7) is 5.10. The number of imidazole rings is 1. The van der Waals surface area contributed by atoms with Gasteiger partial charge >= 0.3 is 0 Å². The molecule has 0 amide bonds. The van der Waals surface area contributed by atoms with Crippen LogP contribution in [0.4, 0.5) is 11.5 Å². The number of hydrogen-bond donors (Lipinski definition) is 2. The van der Waals surface area contributed by atoms with Crippen LogP contribution in [0.1, 0.15) is 11.1 Å². The molecule has 0 unspecified atom stereocenters. The van der Waals surface area contributed by atoms with Crippen LogP contribution < -0.4 is 10.6 Å². The summed E-state index contributed by atoms with van der Waals surface area (Å²) in [6, 6.07) is 15.5. The molecule has 0 aliphatic carbocycles. The fourth-order valence-corrected chi connectivity index (χ4v) is 3.68. The predicted molar refractivity (Wildman–Crippen MR) is 128 cm³/mol. The first-order chi connectivity index (χ1) is 15.6. The van der Waals surface area contributed by atoms with E-state index in [1.165, 1.54) is 11.8 Å². The lowest BCUT2D eigenvalue weighted by atomic mass is 10.2. The molecule has 5 rings (SSSR count). The molecule has 1 aromatic carbocycles. The smallest absolute Gasteiger partial charge is 0.164 e. The second kappa shape index (κ2) is 9.57. The Labute approximate surface area is 187 Å². The van der Waals surface area contributed by atoms with Crippen LogP contribution >= 0.6 is 0 Å². The van der Waals surface area contributed by atoms with Crippen LogP contribution in [0, 0.1) is 12.3 Å². The topological polar surface area (TPSA) is 106 Å². The molecule has 0 radical (unpaired) electrons. The van der Waals surface area contributed by atoms with Gasteiger partial charge in [0.15, 0.2) is 11.5 Å². The molecule has 8 nitrogen and oxygen atoms in total. The summed E-state index contributed by atoms with van der Waals surface area (Å²) in [6.07, 6.45) is 3.12. The van der Waals surface area contributed by atoms with Crippen molar-refractivity contribution in [2.24, 2.45) is 7.05 Å². The number of pyridine rings is 2. The lowest BCUT2D eigenvalue weighted by molar-refractivity contribution is 0.123. The number of nitrogen functional groups attached to an aromatic ring is 1. The molecule has 1 saturated heterocycles. The zero-order valence-corrected chi connectivity index (χ0v) is 18.3. The highest BCUT2D eigenvalue weighted by Crippen LogP contribution is 2.30. The maximum atomic E-state index is 6.92. The Balaban J connectivity index is 0.000000230. The van der Waals surface area contributed by atoms with Crippen LogP contribution in [0.5, 0.6) is 0 Å². The second-order valence-corrected chi connectivity index (χ2v) is 7.61. The molecule has 0 bridgehead atoms. The summed E-state index contributed by atoms with van der Waals surface area (Å²) in [5.41, 5.74) is 11.6. The highest BCUT2D eigenvalue weighted by molar-refractivity contribution is 5.90. The van der Waals surface area contributed by atoms with Crippen molar-refractivity contribution in [1.29, 1.82) is 5.41 Å². The first kappa shape index (κ1) is 21.5. The number of fused-ring (bicyclic) bond motifs is 1. The number of nitrogens with one attached hydrogen (secondary N) is 1. The van der Waals surface area contributed by atoms with Crippen LogP contribution in [0.3, 0.4) is 0 Å². The number of hydrogen-bond acceptors (Lipinski definition) is 7. The van der Waals surface area contributed by atoms with Crippen molar-refractivity contribution in [1.82, 2.24) is 19.5 Å². The van der Waals surface area contributed by atoms with Gasteiger partial charge in [0.25, 0.3) is 0 Å². The zero-order chi connectivity index (χ0) is 22.5. The summed E-state index contributed by atoms with van der Waals surface area (Å²) in [4.78, 5) is 15.9. The van der Waals surface area contributed by atoms with E-state index in [4.69, 9.17) is 20.9 Å². The van der Waals surface area contributed by atoms with E-state index >= 15 is 0 Å². The molecule has 1 aliphatic heterocycles. The van der Waals surface area contributed by atoms with E-state index in [0.29, 0.717) is 19.0 Å². The fourth-order valence-electron chi connectivity index (χ4n) is 3.68. The summed E-state index contributed by atoms with van der Waals surface area (Å²) in [5, 5.41) is 6.92. The molecule has 32 heavy (non-hydrogen) atoms. The average molecular weight is 430 g/mol. The third-order valence-corrected chi connectivity index (χ3v) is 5.28. The number of aryl methyl sites for hydroxylation is 2. The van der Waals surface area contributed by atoms with Crippen LogP contribution in [0.25, 0.3) is 22.7 Å². The molecule has 0 spiro atoms. The number of aromatic nitrogens is 4. The lowest BCUT2D eigenvalue weighted by Gasteiger charge is -2.29. The van der Waals surface area contributed by atoms with Crippen molar-refractivity contribution >= 4 is 28.9 Å².